The van der Waals surface area contributed by atoms with Gasteiger partial charge in [-0.2, -0.15) is 0 Å². The van der Waals surface area contributed by atoms with Crippen molar-refractivity contribution in [2.24, 2.45) is 0 Å². The number of ether oxygens (including phenoxy) is 1. The second-order valence-corrected chi connectivity index (χ2v) is 4.95. The monoisotopic (exact) mass is 326 g/mol. The van der Waals surface area contributed by atoms with Crippen LogP contribution >= 0.6 is 0 Å². The van der Waals surface area contributed by atoms with E-state index in [1.165, 1.54) is 25.0 Å². The summed E-state index contributed by atoms with van der Waals surface area (Å²) in [7, 11) is 1.18. The number of nitrogens with one attached hydrogen (secondary N) is 1. The Labute approximate surface area is 131 Å². The van der Waals surface area contributed by atoms with Crippen LogP contribution in [0.4, 0.5) is 14.5 Å². The number of carbonyl (C=O) groups excluding carboxylic acids is 2. The molecule has 6 nitrogen and oxygen atoms in total. The zero-order valence-corrected chi connectivity index (χ0v) is 12.7. The van der Waals surface area contributed by atoms with Crippen molar-refractivity contribution in [1.29, 1.82) is 0 Å². The maximum Gasteiger partial charge on any atom is 0.337 e. The van der Waals surface area contributed by atoms with Crippen LogP contribution < -0.4 is 5.32 Å². The van der Waals surface area contributed by atoms with Crippen LogP contribution in [0.5, 0.6) is 0 Å². The summed E-state index contributed by atoms with van der Waals surface area (Å²) >= 11 is 0. The lowest BCUT2D eigenvalue weighted by molar-refractivity contribution is -0.136. The van der Waals surface area contributed by atoms with E-state index in [-0.39, 0.29) is 42.2 Å². The fraction of sp³-hybridized carbons (Fsp3) is 0.333. The van der Waals surface area contributed by atoms with E-state index in [0.717, 1.165) is 6.07 Å². The molecule has 0 atom stereocenters. The summed E-state index contributed by atoms with van der Waals surface area (Å²) in [6.45, 7) is 1.10. The van der Waals surface area contributed by atoms with Gasteiger partial charge in [-0.25, -0.2) is 13.6 Å². The Morgan fingerprint density at radius 2 is 2.13 bits per heavy atom. The van der Waals surface area contributed by atoms with Crippen molar-refractivity contribution in [3.05, 3.63) is 40.6 Å². The molecule has 1 aliphatic heterocycles. The fourth-order valence-corrected chi connectivity index (χ4v) is 2.27. The quantitative estimate of drug-likeness (QED) is 0.788. The predicted octanol–water partition coefficient (Wildman–Crippen LogP) is 0.947. The SMILES string of the molecule is COC(=O)C1=C(Nc2ccc(F)c(F)c2C)C(=O)N(CCO)C1. The van der Waals surface area contributed by atoms with Crippen molar-refractivity contribution >= 4 is 17.6 Å². The van der Waals surface area contributed by atoms with E-state index >= 15 is 0 Å². The maximum absolute atomic E-state index is 13.6. The number of aliphatic hydroxyl groups excluding tert-OH is 1. The summed E-state index contributed by atoms with van der Waals surface area (Å²) in [5, 5.41) is 11.7. The van der Waals surface area contributed by atoms with E-state index in [1.54, 1.807) is 0 Å². The van der Waals surface area contributed by atoms with E-state index in [0.29, 0.717) is 0 Å². The first-order valence-corrected chi connectivity index (χ1v) is 6.84. The Hall–Kier alpha value is -2.48. The number of halogens is 2. The van der Waals surface area contributed by atoms with Crippen LogP contribution in [-0.2, 0) is 14.3 Å². The summed E-state index contributed by atoms with van der Waals surface area (Å²) in [6, 6.07) is 2.20. The molecule has 124 valence electrons. The number of hydrogen-bond acceptors (Lipinski definition) is 5. The highest BCUT2D eigenvalue weighted by Crippen LogP contribution is 2.26. The van der Waals surface area contributed by atoms with E-state index in [4.69, 9.17) is 5.11 Å². The van der Waals surface area contributed by atoms with Gasteiger partial charge in [-0.3, -0.25) is 4.79 Å². The van der Waals surface area contributed by atoms with Gasteiger partial charge >= 0.3 is 5.97 Å². The molecule has 2 rings (SSSR count). The third-order valence-corrected chi connectivity index (χ3v) is 3.55. The van der Waals surface area contributed by atoms with Crippen molar-refractivity contribution in [1.82, 2.24) is 4.90 Å². The van der Waals surface area contributed by atoms with E-state index in [1.807, 2.05) is 0 Å². The van der Waals surface area contributed by atoms with Crippen LogP contribution in [0.3, 0.4) is 0 Å². The third-order valence-electron chi connectivity index (χ3n) is 3.55. The molecule has 1 aromatic rings. The molecule has 0 fully saturated rings. The average Bonchev–Trinajstić information content (AvgIpc) is 2.84. The van der Waals surface area contributed by atoms with Crippen LogP contribution in [0.25, 0.3) is 0 Å². The normalized spacial score (nSPS) is 14.5. The van der Waals surface area contributed by atoms with E-state index in [2.05, 4.69) is 10.1 Å². The Morgan fingerprint density at radius 3 is 2.74 bits per heavy atom. The molecule has 0 aliphatic carbocycles. The number of β-amino-alcohol motifs (C(OH)–C–C–N with tert-alkyl or cyclic N) is 1. The van der Waals surface area contributed by atoms with Gasteiger partial charge in [0.05, 0.1) is 25.8 Å². The second-order valence-electron chi connectivity index (χ2n) is 4.95. The minimum Gasteiger partial charge on any atom is -0.466 e. The molecule has 0 bridgehead atoms. The molecule has 1 aromatic carbocycles. The molecule has 2 N–H and O–H groups in total. The predicted molar refractivity (Wildman–Crippen MR) is 77.4 cm³/mol. The highest BCUT2D eigenvalue weighted by molar-refractivity contribution is 6.08. The molecule has 0 saturated carbocycles. The Balaban J connectivity index is 2.39. The van der Waals surface area contributed by atoms with Crippen LogP contribution in [0.2, 0.25) is 0 Å². The molecular weight excluding hydrogens is 310 g/mol. The van der Waals surface area contributed by atoms with Gasteiger partial charge in [-0.15, -0.1) is 0 Å². The zero-order valence-electron chi connectivity index (χ0n) is 12.7. The maximum atomic E-state index is 13.6. The average molecular weight is 326 g/mol. The Morgan fingerprint density at radius 1 is 1.43 bits per heavy atom. The number of hydrogen-bond donors (Lipinski definition) is 2. The summed E-state index contributed by atoms with van der Waals surface area (Å²) in [6.07, 6.45) is 0. The zero-order chi connectivity index (χ0) is 17.1. The minimum atomic E-state index is -1.03. The largest absolute Gasteiger partial charge is 0.466 e. The van der Waals surface area contributed by atoms with Gasteiger partial charge in [-0.1, -0.05) is 0 Å². The molecule has 0 unspecified atom stereocenters. The first kappa shape index (κ1) is 16.9. The topological polar surface area (TPSA) is 78.9 Å². The molecule has 0 radical (unpaired) electrons. The van der Waals surface area contributed by atoms with Gasteiger partial charge in [0.25, 0.3) is 5.91 Å². The van der Waals surface area contributed by atoms with Crippen molar-refractivity contribution in [2.45, 2.75) is 6.92 Å². The van der Waals surface area contributed by atoms with Crippen LogP contribution in [0.1, 0.15) is 5.56 Å². The van der Waals surface area contributed by atoms with Gasteiger partial charge in [0.1, 0.15) is 5.70 Å². The first-order chi connectivity index (χ1) is 10.9. The lowest BCUT2D eigenvalue weighted by atomic mass is 10.1. The summed E-state index contributed by atoms with van der Waals surface area (Å²) in [4.78, 5) is 25.4. The highest BCUT2D eigenvalue weighted by atomic mass is 19.2. The number of benzene rings is 1. The van der Waals surface area contributed by atoms with Gasteiger partial charge in [0, 0.05) is 17.8 Å². The summed E-state index contributed by atoms with van der Waals surface area (Å²) in [5.74, 6) is -3.27. The summed E-state index contributed by atoms with van der Waals surface area (Å²) in [5.41, 5.74) is 0.143. The van der Waals surface area contributed by atoms with Crippen molar-refractivity contribution in [3.8, 4) is 0 Å². The van der Waals surface area contributed by atoms with Crippen LogP contribution in [0, 0.1) is 18.6 Å². The number of nitrogens with zero attached hydrogens (tertiary/aromatic N) is 1. The number of carbonyl (C=O) groups is 2. The second kappa shape index (κ2) is 6.74. The molecule has 1 heterocycles. The third kappa shape index (κ3) is 3.16. The Kier molecular flexibility index (Phi) is 4.95. The van der Waals surface area contributed by atoms with Crippen molar-refractivity contribution < 1.29 is 28.2 Å². The molecule has 1 amide bonds. The number of rotatable bonds is 5. The van der Waals surface area contributed by atoms with Crippen LogP contribution in [0.15, 0.2) is 23.4 Å². The van der Waals surface area contributed by atoms with Gasteiger partial charge < -0.3 is 20.1 Å². The van der Waals surface area contributed by atoms with Gasteiger partial charge in [0.15, 0.2) is 11.6 Å². The Bertz CT molecular complexity index is 688. The smallest absolute Gasteiger partial charge is 0.337 e. The van der Waals surface area contributed by atoms with Gasteiger partial charge in [0.2, 0.25) is 0 Å². The first-order valence-electron chi connectivity index (χ1n) is 6.84. The number of anilines is 1. The lowest BCUT2D eigenvalue weighted by Crippen LogP contribution is -2.31. The number of aliphatic hydroxyl groups is 1. The number of esters is 1. The minimum absolute atomic E-state index is 0.0184. The van der Waals surface area contributed by atoms with Crippen LogP contribution in [-0.4, -0.2) is 48.7 Å². The molecule has 8 heteroatoms. The van der Waals surface area contributed by atoms with E-state index in [9.17, 15) is 18.4 Å². The standard InChI is InChI=1S/C15H16F2N2O4/c1-8-11(4-3-10(16)12(8)17)18-13-9(15(22)23-2)7-19(5-6-20)14(13)21/h3-4,18,20H,5-7H2,1-2H3. The molecule has 23 heavy (non-hydrogen) atoms. The molecule has 0 aromatic heterocycles. The van der Waals surface area contributed by atoms with Crippen molar-refractivity contribution in [3.63, 3.8) is 0 Å². The van der Waals surface area contributed by atoms with Crippen molar-refractivity contribution in [2.75, 3.05) is 32.1 Å². The number of amides is 1. The molecule has 0 saturated heterocycles. The molecule has 1 aliphatic rings. The van der Waals surface area contributed by atoms with E-state index < -0.39 is 23.5 Å². The summed E-state index contributed by atoms with van der Waals surface area (Å²) < 4.78 is 31.4. The number of methoxy groups -OCH3 is 1. The highest BCUT2D eigenvalue weighted by Gasteiger charge is 2.34. The van der Waals surface area contributed by atoms with Gasteiger partial charge in [-0.05, 0) is 19.1 Å². The molecular formula is C15H16F2N2O4. The fourth-order valence-electron chi connectivity index (χ4n) is 2.27. The lowest BCUT2D eigenvalue weighted by Gasteiger charge is -2.15. The molecule has 0 spiro atoms.